The van der Waals surface area contributed by atoms with E-state index in [9.17, 15) is 31.1 Å². The van der Waals surface area contributed by atoms with Crippen molar-refractivity contribution in [1.29, 1.82) is 0 Å². The summed E-state index contributed by atoms with van der Waals surface area (Å²) < 4.78 is 90.2. The number of hydrogen-bond acceptors (Lipinski definition) is 4. The second kappa shape index (κ2) is 9.34. The van der Waals surface area contributed by atoms with Crippen molar-refractivity contribution in [3.05, 3.63) is 70.8 Å². The van der Waals surface area contributed by atoms with Crippen LogP contribution in [0.15, 0.2) is 48.5 Å². The summed E-state index contributed by atoms with van der Waals surface area (Å²) in [6.07, 6.45) is -9.51. The molecule has 2 heterocycles. The highest BCUT2D eigenvalue weighted by atomic mass is 19.4. The summed E-state index contributed by atoms with van der Waals surface area (Å²) in [7, 11) is 1.26. The number of hydrogen-bond donors (Lipinski definition) is 2. The Labute approximate surface area is 197 Å². The molecule has 2 fully saturated rings. The van der Waals surface area contributed by atoms with Crippen LogP contribution in [-0.2, 0) is 34.0 Å². The van der Waals surface area contributed by atoms with Gasteiger partial charge in [0.05, 0.1) is 36.5 Å². The van der Waals surface area contributed by atoms with E-state index in [1.54, 1.807) is 0 Å². The van der Waals surface area contributed by atoms with E-state index in [0.717, 1.165) is 5.56 Å². The molecule has 0 unspecified atom stereocenters. The summed E-state index contributed by atoms with van der Waals surface area (Å²) in [5.74, 6) is 0. The molecule has 2 aliphatic rings. The topological polar surface area (TPSA) is 59.6 Å². The molecule has 0 saturated carbocycles. The number of alkyl halides is 6. The molecule has 190 valence electrons. The first-order chi connectivity index (χ1) is 16.4. The third-order valence-electron chi connectivity index (χ3n) is 6.64. The number of benzene rings is 2. The molecule has 0 aromatic heterocycles. The number of ether oxygens (including phenoxy) is 2. The summed E-state index contributed by atoms with van der Waals surface area (Å²) in [4.78, 5) is 11.8. The number of halogens is 6. The second-order valence-corrected chi connectivity index (χ2v) is 8.83. The van der Waals surface area contributed by atoms with Gasteiger partial charge in [0.2, 0.25) is 0 Å². The average molecular weight is 502 g/mol. The molecule has 4 rings (SSSR count). The van der Waals surface area contributed by atoms with Gasteiger partial charge in [-0.05, 0) is 48.6 Å². The first-order valence-electron chi connectivity index (χ1n) is 11.0. The number of nitrogens with one attached hydrogen (secondary N) is 2. The Balaban J connectivity index is 1.62. The molecular weight excluding hydrogens is 478 g/mol. The minimum Gasteiger partial charge on any atom is -0.453 e. The lowest BCUT2D eigenvalue weighted by Crippen LogP contribution is -2.55. The van der Waals surface area contributed by atoms with Crippen molar-refractivity contribution >= 4 is 6.09 Å². The zero-order valence-electron chi connectivity index (χ0n) is 18.7. The highest BCUT2D eigenvalue weighted by Crippen LogP contribution is 2.45. The fourth-order valence-corrected chi connectivity index (χ4v) is 5.06. The van der Waals surface area contributed by atoms with Crippen LogP contribution in [0.3, 0.4) is 0 Å². The van der Waals surface area contributed by atoms with E-state index < -0.39 is 47.8 Å². The van der Waals surface area contributed by atoms with E-state index in [1.165, 1.54) is 7.11 Å². The molecule has 2 bridgehead atoms. The third kappa shape index (κ3) is 5.25. The highest BCUT2D eigenvalue weighted by molar-refractivity contribution is 5.67. The van der Waals surface area contributed by atoms with Gasteiger partial charge in [-0.15, -0.1) is 0 Å². The maximum Gasteiger partial charge on any atom is 0.416 e. The summed E-state index contributed by atoms with van der Waals surface area (Å²) in [5, 5.41) is 6.31. The minimum atomic E-state index is -4.93. The van der Waals surface area contributed by atoms with Crippen LogP contribution in [0.2, 0.25) is 0 Å². The van der Waals surface area contributed by atoms with Crippen molar-refractivity contribution in [2.24, 2.45) is 0 Å². The van der Waals surface area contributed by atoms with Crippen molar-refractivity contribution in [1.82, 2.24) is 10.6 Å². The molecule has 11 heteroatoms. The molecular formula is C24H24F6N2O3. The number of piperidine rings is 1. The van der Waals surface area contributed by atoms with Crippen LogP contribution in [0, 0.1) is 0 Å². The molecule has 1 amide bonds. The summed E-state index contributed by atoms with van der Waals surface area (Å²) in [6, 6.07) is 10.3. The number of carbonyl (C=O) groups excluding carboxylic acids is 1. The predicted molar refractivity (Wildman–Crippen MR) is 113 cm³/mol. The van der Waals surface area contributed by atoms with Crippen LogP contribution in [0.5, 0.6) is 0 Å². The van der Waals surface area contributed by atoms with Crippen LogP contribution < -0.4 is 10.6 Å². The SMILES string of the molecule is COC(=O)N[C@@H]1C[C@]2(c3ccccc3)N[C@H]1CC[C@H]2OCc1cc(C(F)(F)F)cc(C(F)(F)F)c1. The van der Waals surface area contributed by atoms with Crippen molar-refractivity contribution in [2.75, 3.05) is 7.11 Å². The number of methoxy groups -OCH3 is 1. The Morgan fingerprint density at radius 2 is 1.66 bits per heavy atom. The quantitative estimate of drug-likeness (QED) is 0.539. The van der Waals surface area contributed by atoms with E-state index >= 15 is 0 Å². The van der Waals surface area contributed by atoms with Gasteiger partial charge in [-0.1, -0.05) is 30.3 Å². The van der Waals surface area contributed by atoms with Gasteiger partial charge < -0.3 is 20.1 Å². The molecule has 0 radical (unpaired) electrons. The molecule has 2 N–H and O–H groups in total. The smallest absolute Gasteiger partial charge is 0.416 e. The monoisotopic (exact) mass is 502 g/mol. The Kier molecular flexibility index (Phi) is 6.76. The molecule has 5 nitrogen and oxygen atoms in total. The number of amides is 1. The fraction of sp³-hybridized carbons (Fsp3) is 0.458. The molecule has 2 aromatic carbocycles. The first kappa shape index (κ1) is 25.3. The molecule has 4 atom stereocenters. The number of fused-ring (bicyclic) bond motifs is 2. The predicted octanol–water partition coefficient (Wildman–Crippen LogP) is 5.39. The summed E-state index contributed by atoms with van der Waals surface area (Å²) >= 11 is 0. The molecule has 2 aliphatic heterocycles. The Bertz CT molecular complexity index is 1030. The lowest BCUT2D eigenvalue weighted by atomic mass is 9.80. The molecule has 2 saturated heterocycles. The van der Waals surface area contributed by atoms with Crippen molar-refractivity contribution in [3.63, 3.8) is 0 Å². The van der Waals surface area contributed by atoms with Crippen LogP contribution in [0.4, 0.5) is 31.1 Å². The van der Waals surface area contributed by atoms with Gasteiger partial charge in [0, 0.05) is 12.1 Å². The van der Waals surface area contributed by atoms with Gasteiger partial charge in [0.1, 0.15) is 0 Å². The lowest BCUT2D eigenvalue weighted by Gasteiger charge is -2.42. The van der Waals surface area contributed by atoms with E-state index in [-0.39, 0.29) is 23.7 Å². The maximum atomic E-state index is 13.2. The Morgan fingerprint density at radius 3 is 2.23 bits per heavy atom. The van der Waals surface area contributed by atoms with Gasteiger partial charge >= 0.3 is 18.4 Å². The molecule has 2 aromatic rings. The first-order valence-corrected chi connectivity index (χ1v) is 11.0. The zero-order chi connectivity index (χ0) is 25.4. The van der Waals surface area contributed by atoms with Gasteiger partial charge in [-0.3, -0.25) is 0 Å². The van der Waals surface area contributed by atoms with Crippen molar-refractivity contribution in [2.45, 2.75) is 61.9 Å². The maximum absolute atomic E-state index is 13.2. The van der Waals surface area contributed by atoms with E-state index in [2.05, 4.69) is 10.6 Å². The Hall–Kier alpha value is -2.79. The number of rotatable bonds is 5. The normalized spacial score (nSPS) is 26.4. The van der Waals surface area contributed by atoms with Crippen molar-refractivity contribution < 1.29 is 40.6 Å². The van der Waals surface area contributed by atoms with Crippen LogP contribution >= 0.6 is 0 Å². The molecule has 35 heavy (non-hydrogen) atoms. The average Bonchev–Trinajstić information content (AvgIpc) is 3.10. The summed E-state index contributed by atoms with van der Waals surface area (Å²) in [6.45, 7) is -0.437. The lowest BCUT2D eigenvalue weighted by molar-refractivity contribution is -0.143. The van der Waals surface area contributed by atoms with Crippen LogP contribution in [0.25, 0.3) is 0 Å². The summed E-state index contributed by atoms with van der Waals surface area (Å²) in [5.41, 5.74) is -2.92. The highest BCUT2D eigenvalue weighted by Gasteiger charge is 2.54. The Morgan fingerprint density at radius 1 is 1.03 bits per heavy atom. The fourth-order valence-electron chi connectivity index (χ4n) is 5.06. The standard InChI is InChI=1S/C24H24F6N2O3/c1-34-21(33)31-19-12-22(15-5-3-2-4-6-15)20(8-7-18(19)32-22)35-13-14-9-16(23(25,26)27)11-17(10-14)24(28,29)30/h2-6,9-11,18-20,32H,7-8,12-13H2,1H3,(H,31,33)/t18-,19+,20+,22+/m0/s1. The number of carbonyl (C=O) groups is 1. The van der Waals surface area contributed by atoms with Gasteiger partial charge in [-0.2, -0.15) is 26.3 Å². The second-order valence-electron chi connectivity index (χ2n) is 8.83. The third-order valence-corrected chi connectivity index (χ3v) is 6.64. The van der Waals surface area contributed by atoms with Gasteiger partial charge in [-0.25, -0.2) is 4.79 Å². The van der Waals surface area contributed by atoms with E-state index in [0.29, 0.717) is 31.4 Å². The van der Waals surface area contributed by atoms with Gasteiger partial charge in [0.25, 0.3) is 0 Å². The zero-order valence-corrected chi connectivity index (χ0v) is 18.7. The van der Waals surface area contributed by atoms with Crippen LogP contribution in [-0.4, -0.2) is 31.4 Å². The van der Waals surface area contributed by atoms with Gasteiger partial charge in [0.15, 0.2) is 0 Å². The number of alkyl carbamates (subject to hydrolysis) is 1. The molecule has 0 spiro atoms. The van der Waals surface area contributed by atoms with E-state index in [1.807, 2.05) is 30.3 Å². The van der Waals surface area contributed by atoms with Crippen LogP contribution in [0.1, 0.15) is 41.5 Å². The van der Waals surface area contributed by atoms with Crippen molar-refractivity contribution in [3.8, 4) is 0 Å². The largest absolute Gasteiger partial charge is 0.453 e. The molecule has 0 aliphatic carbocycles. The minimum absolute atomic E-state index is 0.0976. The van der Waals surface area contributed by atoms with E-state index in [4.69, 9.17) is 9.47 Å².